The highest BCUT2D eigenvalue weighted by molar-refractivity contribution is 6.01. The van der Waals surface area contributed by atoms with Crippen LogP contribution in [0, 0.1) is 13.8 Å². The van der Waals surface area contributed by atoms with Gasteiger partial charge < -0.3 is 14.5 Å². The highest BCUT2D eigenvalue weighted by atomic mass is 16.5. The average molecular weight is 973 g/mol. The van der Waals surface area contributed by atoms with E-state index in [0.717, 1.165) is 84.2 Å². The first-order chi connectivity index (χ1) is 37.5. The van der Waals surface area contributed by atoms with E-state index in [4.69, 9.17) is 4.74 Å². The van der Waals surface area contributed by atoms with Gasteiger partial charge in [-0.25, -0.2) is 0 Å². The molecule has 0 saturated heterocycles. The van der Waals surface area contributed by atoms with E-state index < -0.39 is 5.41 Å². The lowest BCUT2D eigenvalue weighted by Crippen LogP contribution is -2.37. The smallest absolute Gasteiger partial charge is 0.159 e. The summed E-state index contributed by atoms with van der Waals surface area (Å²) in [7, 11) is 0. The first kappa shape index (κ1) is 45.0. The molecule has 360 valence electrons. The highest BCUT2D eigenvalue weighted by Gasteiger charge is 2.47. The summed E-state index contributed by atoms with van der Waals surface area (Å²) in [6.45, 7) is 4.35. The lowest BCUT2D eigenvalue weighted by atomic mass is 9.62. The van der Waals surface area contributed by atoms with Crippen LogP contribution in [0.1, 0.15) is 33.4 Å². The molecule has 0 spiro atoms. The molecule has 12 aromatic rings. The molecule has 0 atom stereocenters. The van der Waals surface area contributed by atoms with Gasteiger partial charge in [0.2, 0.25) is 0 Å². The summed E-state index contributed by atoms with van der Waals surface area (Å²) in [6.07, 6.45) is 0. The molecule has 0 radical (unpaired) electrons. The number of hydrogen-bond donors (Lipinski definition) is 0. The molecule has 2 heterocycles. The largest absolute Gasteiger partial charge is 0.452 e. The van der Waals surface area contributed by atoms with Gasteiger partial charge >= 0.3 is 0 Å². The zero-order chi connectivity index (χ0) is 50.7. The topological polar surface area (TPSA) is 15.7 Å². The van der Waals surface area contributed by atoms with Gasteiger partial charge in [0.1, 0.15) is 0 Å². The number of para-hydroxylation sites is 1. The molecule has 2 aliphatic rings. The molecule has 0 unspecified atom stereocenters. The molecule has 0 aliphatic carbocycles. The summed E-state index contributed by atoms with van der Waals surface area (Å²) >= 11 is 0. The van der Waals surface area contributed by atoms with Crippen LogP contribution in [-0.2, 0) is 5.41 Å². The van der Waals surface area contributed by atoms with E-state index >= 15 is 0 Å². The maximum atomic E-state index is 7.04. The Hall–Kier alpha value is -9.70. The maximum absolute atomic E-state index is 7.04. The zero-order valence-electron chi connectivity index (χ0n) is 42.4. The highest BCUT2D eigenvalue weighted by Crippen LogP contribution is 2.60. The summed E-state index contributed by atoms with van der Waals surface area (Å²) in [5, 5.41) is 2.21. The second-order valence-electron chi connectivity index (χ2n) is 20.2. The predicted molar refractivity (Wildman–Crippen MR) is 316 cm³/mol. The minimum absolute atomic E-state index is 0.708. The van der Waals surface area contributed by atoms with Crippen molar-refractivity contribution in [3.05, 3.63) is 312 Å². The molecule has 0 aromatic heterocycles. The van der Waals surface area contributed by atoms with E-state index in [-0.39, 0.29) is 0 Å². The van der Waals surface area contributed by atoms with Crippen molar-refractivity contribution in [3.8, 4) is 56.0 Å². The van der Waals surface area contributed by atoms with Crippen LogP contribution in [0.2, 0.25) is 0 Å². The van der Waals surface area contributed by atoms with Gasteiger partial charge in [-0.1, -0.05) is 223 Å². The minimum atomic E-state index is -0.708. The number of fused-ring (bicyclic) bond motifs is 6. The number of aryl methyl sites for hydroxylation is 2. The SMILES string of the molecule is Cc1ccc(C2(c3ccc(C)cc3)c3ccccc3N(c3cc(-c4ccccc4)cc(-c4ccccc4)c3)c3ccc(-c4ccc5c(c4)N(c4cccc(-c6ccccc6)c4)c4ccc6ccccc6c4O5)cc32)cc1. The first-order valence-corrected chi connectivity index (χ1v) is 26.2. The third-order valence-corrected chi connectivity index (χ3v) is 15.6. The van der Waals surface area contributed by atoms with Crippen LogP contribution in [0.5, 0.6) is 11.5 Å². The van der Waals surface area contributed by atoms with E-state index in [0.29, 0.717) is 0 Å². The van der Waals surface area contributed by atoms with Crippen LogP contribution >= 0.6 is 0 Å². The fourth-order valence-electron chi connectivity index (χ4n) is 11.9. The quantitative estimate of drug-likeness (QED) is 0.151. The van der Waals surface area contributed by atoms with Gasteiger partial charge in [0.25, 0.3) is 0 Å². The Labute approximate surface area is 444 Å². The van der Waals surface area contributed by atoms with Crippen molar-refractivity contribution in [2.45, 2.75) is 19.3 Å². The van der Waals surface area contributed by atoms with Crippen LogP contribution in [0.3, 0.4) is 0 Å². The van der Waals surface area contributed by atoms with Crippen LogP contribution < -0.4 is 14.5 Å². The molecule has 0 fully saturated rings. The fraction of sp³-hybridized carbons (Fsp3) is 0.0411. The molecule has 3 heteroatoms. The molecule has 0 saturated carbocycles. The third-order valence-electron chi connectivity index (χ3n) is 15.6. The Bertz CT molecular complexity index is 4040. The van der Waals surface area contributed by atoms with Crippen molar-refractivity contribution in [3.63, 3.8) is 0 Å². The van der Waals surface area contributed by atoms with Crippen LogP contribution in [0.25, 0.3) is 55.3 Å². The average Bonchev–Trinajstić information content (AvgIpc) is 3.61. The summed E-state index contributed by atoms with van der Waals surface area (Å²) in [5.74, 6) is 1.65. The van der Waals surface area contributed by atoms with Gasteiger partial charge in [-0.2, -0.15) is 0 Å². The van der Waals surface area contributed by atoms with E-state index in [1.54, 1.807) is 0 Å². The van der Waals surface area contributed by atoms with Crippen molar-refractivity contribution < 1.29 is 4.74 Å². The van der Waals surface area contributed by atoms with Gasteiger partial charge in [0, 0.05) is 16.8 Å². The van der Waals surface area contributed by atoms with E-state index in [1.807, 2.05) is 0 Å². The van der Waals surface area contributed by atoms with Gasteiger partial charge in [0.05, 0.1) is 28.2 Å². The van der Waals surface area contributed by atoms with Crippen LogP contribution in [-0.4, -0.2) is 0 Å². The Kier molecular flexibility index (Phi) is 10.9. The Morgan fingerprint density at radius 2 is 0.803 bits per heavy atom. The first-order valence-electron chi connectivity index (χ1n) is 26.2. The summed E-state index contributed by atoms with van der Waals surface area (Å²) in [4.78, 5) is 4.90. The van der Waals surface area contributed by atoms with Crippen molar-refractivity contribution in [2.24, 2.45) is 0 Å². The molecule has 2 aliphatic heterocycles. The van der Waals surface area contributed by atoms with Crippen LogP contribution in [0.15, 0.2) is 279 Å². The van der Waals surface area contributed by atoms with Crippen LogP contribution in [0.4, 0.5) is 34.1 Å². The number of anilines is 6. The Morgan fingerprint density at radius 3 is 1.47 bits per heavy atom. The number of rotatable bonds is 8. The third kappa shape index (κ3) is 7.50. The van der Waals surface area contributed by atoms with Gasteiger partial charge in [0.15, 0.2) is 11.5 Å². The Morgan fingerprint density at radius 1 is 0.303 bits per heavy atom. The van der Waals surface area contributed by atoms with Gasteiger partial charge in [-0.15, -0.1) is 0 Å². The van der Waals surface area contributed by atoms with E-state index in [2.05, 4.69) is 303 Å². The summed E-state index contributed by atoms with van der Waals surface area (Å²) in [6, 6.07) is 102. The maximum Gasteiger partial charge on any atom is 0.159 e. The minimum Gasteiger partial charge on any atom is -0.452 e. The van der Waals surface area contributed by atoms with Crippen molar-refractivity contribution in [1.29, 1.82) is 0 Å². The lowest BCUT2D eigenvalue weighted by molar-refractivity contribution is 0.482. The molecule has 14 rings (SSSR count). The molecule has 12 aromatic carbocycles. The molecule has 0 N–H and O–H groups in total. The zero-order valence-corrected chi connectivity index (χ0v) is 42.4. The molecular weight excluding hydrogens is 921 g/mol. The fourth-order valence-corrected chi connectivity index (χ4v) is 11.9. The molecule has 76 heavy (non-hydrogen) atoms. The molecule has 0 amide bonds. The normalized spacial score (nSPS) is 13.0. The van der Waals surface area contributed by atoms with E-state index in [1.165, 1.54) is 50.1 Å². The second-order valence-corrected chi connectivity index (χ2v) is 20.2. The number of hydrogen-bond acceptors (Lipinski definition) is 3. The van der Waals surface area contributed by atoms with Crippen molar-refractivity contribution in [1.82, 2.24) is 0 Å². The standard InChI is InChI=1S/C73H52N2O/c1-49-29-36-60(37-30-49)73(61-38-31-50(2)32-39-61)65-27-14-15-28-67(65)75(63-45-58(52-19-8-4-9-20-52)43-59(46-63)53-21-10-5-11-22-53)68-40-34-56(47-66(68)73)57-35-42-71-70(48-57)74(62-25-16-24-55(44-62)51-17-6-3-7-18-51)69-41-33-54-23-12-13-26-64(54)72(69)76-71/h3-48H,1-2H3. The number of nitrogens with zero attached hydrogens (tertiary/aromatic N) is 2. The predicted octanol–water partition coefficient (Wildman–Crippen LogP) is 19.9. The van der Waals surface area contributed by atoms with Gasteiger partial charge in [-0.3, -0.25) is 0 Å². The molecule has 3 nitrogen and oxygen atoms in total. The monoisotopic (exact) mass is 972 g/mol. The van der Waals surface area contributed by atoms with Crippen molar-refractivity contribution in [2.75, 3.05) is 9.80 Å². The Balaban J connectivity index is 1.02. The van der Waals surface area contributed by atoms with E-state index in [9.17, 15) is 0 Å². The van der Waals surface area contributed by atoms with Crippen molar-refractivity contribution >= 4 is 44.9 Å². The lowest BCUT2D eigenvalue weighted by Gasteiger charge is -2.47. The molecular formula is C73H52N2O. The summed E-state index contributed by atoms with van der Waals surface area (Å²) < 4.78 is 7.04. The number of ether oxygens (including phenoxy) is 1. The number of benzene rings is 12. The molecule has 0 bridgehead atoms. The summed E-state index contributed by atoms with van der Waals surface area (Å²) in [5.41, 5.74) is 22.1. The second kappa shape index (κ2) is 18.3. The van der Waals surface area contributed by atoms with Gasteiger partial charge in [-0.05, 0) is 153 Å².